The van der Waals surface area contributed by atoms with Gasteiger partial charge in [0.15, 0.2) is 0 Å². The van der Waals surface area contributed by atoms with Gasteiger partial charge < -0.3 is 14.0 Å². The van der Waals surface area contributed by atoms with E-state index in [1.807, 2.05) is 6.07 Å². The monoisotopic (exact) mass is 290 g/mol. The highest BCUT2D eigenvalue weighted by molar-refractivity contribution is 6.63. The van der Waals surface area contributed by atoms with Crippen molar-refractivity contribution in [1.82, 2.24) is 0 Å². The predicted molar refractivity (Wildman–Crippen MR) is 87.4 cm³/mol. The number of hydrogen-bond donors (Lipinski definition) is 0. The lowest BCUT2D eigenvalue weighted by molar-refractivity contribution is 0.00578. The van der Waals surface area contributed by atoms with Gasteiger partial charge in [0.1, 0.15) is 5.75 Å². The first-order valence-electron chi connectivity index (χ1n) is 7.52. The lowest BCUT2D eigenvalue weighted by Gasteiger charge is -2.32. The Bertz CT molecular complexity index is 513. The maximum Gasteiger partial charge on any atom is 0.498 e. The van der Waals surface area contributed by atoms with E-state index in [9.17, 15) is 0 Å². The highest BCUT2D eigenvalue weighted by Gasteiger charge is 2.52. The third-order valence-corrected chi connectivity index (χ3v) is 4.60. The van der Waals surface area contributed by atoms with Crippen molar-refractivity contribution in [1.29, 1.82) is 0 Å². The van der Waals surface area contributed by atoms with E-state index in [4.69, 9.17) is 14.0 Å². The van der Waals surface area contributed by atoms with Crippen LogP contribution in [0.3, 0.4) is 0 Å². The molecule has 0 amide bonds. The molecule has 4 heteroatoms. The quantitative estimate of drug-likeness (QED) is 0.782. The minimum absolute atomic E-state index is 0.0741. The summed E-state index contributed by atoms with van der Waals surface area (Å²) in [4.78, 5) is 0. The molecule has 1 saturated heterocycles. The van der Waals surface area contributed by atoms with Crippen molar-refractivity contribution in [3.05, 3.63) is 23.8 Å². The van der Waals surface area contributed by atoms with E-state index in [2.05, 4.69) is 60.6 Å². The fourth-order valence-corrected chi connectivity index (χ4v) is 2.36. The number of ether oxygens (including phenoxy) is 1. The van der Waals surface area contributed by atoms with Crippen LogP contribution in [0.15, 0.2) is 18.2 Å². The summed E-state index contributed by atoms with van der Waals surface area (Å²) in [6.07, 6.45) is 0. The first kappa shape index (κ1) is 16.4. The van der Waals surface area contributed by atoms with E-state index in [-0.39, 0.29) is 16.6 Å². The summed E-state index contributed by atoms with van der Waals surface area (Å²) in [7, 11) is 1.29. The van der Waals surface area contributed by atoms with Crippen LogP contribution in [0, 0.1) is 0 Å². The first-order valence-corrected chi connectivity index (χ1v) is 7.52. The van der Waals surface area contributed by atoms with Crippen LogP contribution in [0.4, 0.5) is 0 Å². The minimum atomic E-state index is -0.396. The molecule has 0 radical (unpaired) electrons. The number of methoxy groups -OCH3 is 1. The topological polar surface area (TPSA) is 27.7 Å². The van der Waals surface area contributed by atoms with Gasteiger partial charge in [0, 0.05) is 5.46 Å². The smallest absolute Gasteiger partial charge is 0.497 e. The van der Waals surface area contributed by atoms with Gasteiger partial charge in [-0.05, 0) is 44.7 Å². The van der Waals surface area contributed by atoms with Crippen LogP contribution in [0.25, 0.3) is 0 Å². The Morgan fingerprint density at radius 1 is 1.00 bits per heavy atom. The molecule has 0 bridgehead atoms. The van der Waals surface area contributed by atoms with E-state index >= 15 is 0 Å². The molecular formula is C17H27BO3. The summed E-state index contributed by atoms with van der Waals surface area (Å²) in [5, 5.41) is 0. The second-order valence-corrected chi connectivity index (χ2v) is 7.79. The van der Waals surface area contributed by atoms with Crippen LogP contribution in [0.5, 0.6) is 5.75 Å². The van der Waals surface area contributed by atoms with Crippen molar-refractivity contribution >= 4 is 12.6 Å². The molecule has 1 heterocycles. The van der Waals surface area contributed by atoms with Gasteiger partial charge in [-0.15, -0.1) is 0 Å². The Kier molecular flexibility index (Phi) is 3.92. The van der Waals surface area contributed by atoms with Crippen LogP contribution in [-0.4, -0.2) is 25.4 Å². The second-order valence-electron chi connectivity index (χ2n) is 7.79. The Hall–Kier alpha value is -0.995. The largest absolute Gasteiger partial charge is 0.498 e. The lowest BCUT2D eigenvalue weighted by Crippen LogP contribution is -2.41. The molecule has 0 unspecified atom stereocenters. The van der Waals surface area contributed by atoms with E-state index < -0.39 is 7.12 Å². The summed E-state index contributed by atoms with van der Waals surface area (Å²) in [5.41, 5.74) is 1.59. The van der Waals surface area contributed by atoms with Crippen LogP contribution < -0.4 is 10.2 Å². The summed E-state index contributed by atoms with van der Waals surface area (Å²) >= 11 is 0. The fraction of sp³-hybridized carbons (Fsp3) is 0.647. The molecule has 0 spiro atoms. The van der Waals surface area contributed by atoms with Crippen molar-refractivity contribution in [3.8, 4) is 5.75 Å². The van der Waals surface area contributed by atoms with Crippen molar-refractivity contribution in [2.24, 2.45) is 0 Å². The molecule has 0 aromatic heterocycles. The van der Waals surface area contributed by atoms with Gasteiger partial charge in [0.25, 0.3) is 0 Å². The molecule has 1 aliphatic heterocycles. The van der Waals surface area contributed by atoms with Gasteiger partial charge in [0.2, 0.25) is 0 Å². The molecule has 1 fully saturated rings. The molecule has 0 N–H and O–H groups in total. The van der Waals surface area contributed by atoms with Crippen LogP contribution in [0.1, 0.15) is 54.0 Å². The number of hydrogen-bond acceptors (Lipinski definition) is 3. The normalized spacial score (nSPS) is 20.7. The third kappa shape index (κ3) is 2.97. The Balaban J connectivity index is 2.44. The van der Waals surface area contributed by atoms with Crippen LogP contribution in [0.2, 0.25) is 0 Å². The van der Waals surface area contributed by atoms with E-state index in [0.29, 0.717) is 0 Å². The molecule has 21 heavy (non-hydrogen) atoms. The highest BCUT2D eigenvalue weighted by atomic mass is 16.7. The zero-order valence-corrected chi connectivity index (χ0v) is 14.5. The SMILES string of the molecule is COc1ccc(C(C)(C)C)cc1B1OC(C)(C)C(C)(C)O1. The number of rotatable bonds is 2. The maximum absolute atomic E-state index is 6.16. The fourth-order valence-electron chi connectivity index (χ4n) is 2.36. The summed E-state index contributed by atoms with van der Waals surface area (Å²) in [5.74, 6) is 0.807. The van der Waals surface area contributed by atoms with Gasteiger partial charge in [-0.2, -0.15) is 0 Å². The van der Waals surface area contributed by atoms with Gasteiger partial charge in [-0.1, -0.05) is 32.9 Å². The molecule has 1 aliphatic rings. The Labute approximate surface area is 129 Å². The van der Waals surface area contributed by atoms with Crippen molar-refractivity contribution < 1.29 is 14.0 Å². The lowest BCUT2D eigenvalue weighted by atomic mass is 9.74. The summed E-state index contributed by atoms with van der Waals surface area (Å²) in [6, 6.07) is 6.25. The molecular weight excluding hydrogens is 263 g/mol. The minimum Gasteiger partial charge on any atom is -0.497 e. The molecule has 0 saturated carbocycles. The first-order chi connectivity index (χ1) is 9.48. The zero-order chi connectivity index (χ0) is 16.1. The average molecular weight is 290 g/mol. The molecule has 2 rings (SSSR count). The van der Waals surface area contributed by atoms with Gasteiger partial charge >= 0.3 is 7.12 Å². The second kappa shape index (κ2) is 5.03. The number of benzene rings is 1. The van der Waals surface area contributed by atoms with E-state index in [1.165, 1.54) is 5.56 Å². The summed E-state index contributed by atoms with van der Waals surface area (Å²) in [6.45, 7) is 14.8. The van der Waals surface area contributed by atoms with Crippen molar-refractivity contribution in [2.75, 3.05) is 7.11 Å². The molecule has 0 atom stereocenters. The third-order valence-electron chi connectivity index (χ3n) is 4.60. The van der Waals surface area contributed by atoms with E-state index in [0.717, 1.165) is 11.2 Å². The molecule has 116 valence electrons. The zero-order valence-electron chi connectivity index (χ0n) is 14.5. The van der Waals surface area contributed by atoms with Gasteiger partial charge in [-0.25, -0.2) is 0 Å². The summed E-state index contributed by atoms with van der Waals surface area (Å²) < 4.78 is 17.8. The van der Waals surface area contributed by atoms with Crippen molar-refractivity contribution in [2.45, 2.75) is 65.1 Å². The Morgan fingerprint density at radius 3 is 1.95 bits per heavy atom. The standard InChI is InChI=1S/C17H27BO3/c1-15(2,3)12-9-10-14(19-8)13(11-12)18-20-16(4,5)17(6,7)21-18/h9-11H,1-8H3. The van der Waals surface area contributed by atoms with Crippen LogP contribution >= 0.6 is 0 Å². The molecule has 3 nitrogen and oxygen atoms in total. The molecule has 0 aliphatic carbocycles. The average Bonchev–Trinajstić information content (AvgIpc) is 2.56. The molecule has 1 aromatic rings. The van der Waals surface area contributed by atoms with Gasteiger partial charge in [-0.3, -0.25) is 0 Å². The molecule has 1 aromatic carbocycles. The van der Waals surface area contributed by atoms with Crippen molar-refractivity contribution in [3.63, 3.8) is 0 Å². The van der Waals surface area contributed by atoms with E-state index in [1.54, 1.807) is 7.11 Å². The highest BCUT2D eigenvalue weighted by Crippen LogP contribution is 2.37. The van der Waals surface area contributed by atoms with Gasteiger partial charge in [0.05, 0.1) is 18.3 Å². The van der Waals surface area contributed by atoms with Crippen LogP contribution in [-0.2, 0) is 14.7 Å². The Morgan fingerprint density at radius 2 is 1.52 bits per heavy atom. The predicted octanol–water partition coefficient (Wildman–Crippen LogP) is 3.29. The maximum atomic E-state index is 6.16.